The maximum atomic E-state index is 13.7. The summed E-state index contributed by atoms with van der Waals surface area (Å²) in [5.41, 5.74) is 2.78. The summed E-state index contributed by atoms with van der Waals surface area (Å²) in [6, 6.07) is 8.90. The van der Waals surface area contributed by atoms with Crippen LogP contribution in [0.15, 0.2) is 36.4 Å². The largest absolute Gasteiger partial charge is 0.289 e. The first-order chi connectivity index (χ1) is 11.6. The molecule has 0 aromatic heterocycles. The Hall–Kier alpha value is -2.03. The minimum atomic E-state index is -0.299. The standard InChI is InChI=1S/C21H20F2O/c22-15-7-9-17(19(11-15)13-3-1-4-13)21(24)18-10-8-16(23)12-20(18)14-5-2-6-14/h7-14H,1-6H2. The number of carbonyl (C=O) groups excluding carboxylic acids is 1. The quantitative estimate of drug-likeness (QED) is 0.656. The van der Waals surface area contributed by atoms with Gasteiger partial charge in [-0.25, -0.2) is 8.78 Å². The lowest BCUT2D eigenvalue weighted by Gasteiger charge is -2.29. The highest BCUT2D eigenvalue weighted by atomic mass is 19.1. The van der Waals surface area contributed by atoms with Gasteiger partial charge in [0, 0.05) is 11.1 Å². The van der Waals surface area contributed by atoms with Gasteiger partial charge in [0.15, 0.2) is 5.78 Å². The van der Waals surface area contributed by atoms with Crippen LogP contribution < -0.4 is 0 Å². The van der Waals surface area contributed by atoms with E-state index in [0.29, 0.717) is 11.1 Å². The molecule has 124 valence electrons. The van der Waals surface area contributed by atoms with E-state index in [1.54, 1.807) is 12.1 Å². The number of rotatable bonds is 4. The molecule has 3 heteroatoms. The van der Waals surface area contributed by atoms with Crippen molar-refractivity contribution in [2.24, 2.45) is 0 Å². The first kappa shape index (κ1) is 15.5. The van der Waals surface area contributed by atoms with Crippen LogP contribution in [0.5, 0.6) is 0 Å². The van der Waals surface area contributed by atoms with Crippen molar-refractivity contribution < 1.29 is 13.6 Å². The molecule has 2 saturated carbocycles. The van der Waals surface area contributed by atoms with Crippen LogP contribution in [0.25, 0.3) is 0 Å². The Morgan fingerprint density at radius 1 is 0.750 bits per heavy atom. The van der Waals surface area contributed by atoms with Gasteiger partial charge in [-0.15, -0.1) is 0 Å². The van der Waals surface area contributed by atoms with Crippen molar-refractivity contribution in [3.63, 3.8) is 0 Å². The molecule has 0 amide bonds. The molecule has 0 N–H and O–H groups in total. The first-order valence-electron chi connectivity index (χ1n) is 8.77. The van der Waals surface area contributed by atoms with Gasteiger partial charge >= 0.3 is 0 Å². The van der Waals surface area contributed by atoms with Gasteiger partial charge in [0.1, 0.15) is 11.6 Å². The Morgan fingerprint density at radius 2 is 1.17 bits per heavy atom. The summed E-state index contributed by atoms with van der Waals surface area (Å²) >= 11 is 0. The third-order valence-corrected chi connectivity index (χ3v) is 5.61. The maximum absolute atomic E-state index is 13.7. The molecular weight excluding hydrogens is 306 g/mol. The van der Waals surface area contributed by atoms with E-state index in [9.17, 15) is 13.6 Å². The van der Waals surface area contributed by atoms with Crippen molar-refractivity contribution in [1.29, 1.82) is 0 Å². The lowest BCUT2D eigenvalue weighted by molar-refractivity contribution is 0.103. The minimum absolute atomic E-state index is 0.0983. The van der Waals surface area contributed by atoms with E-state index in [2.05, 4.69) is 0 Å². The molecule has 0 saturated heterocycles. The second kappa shape index (κ2) is 6.12. The van der Waals surface area contributed by atoms with Crippen LogP contribution in [0, 0.1) is 11.6 Å². The van der Waals surface area contributed by atoms with Crippen LogP contribution in [0.2, 0.25) is 0 Å². The summed E-state index contributed by atoms with van der Waals surface area (Å²) in [5, 5.41) is 0. The molecule has 2 aliphatic rings. The van der Waals surface area contributed by atoms with Crippen LogP contribution in [0.3, 0.4) is 0 Å². The van der Waals surface area contributed by atoms with Gasteiger partial charge < -0.3 is 0 Å². The average Bonchev–Trinajstić information content (AvgIpc) is 2.43. The molecule has 2 aromatic carbocycles. The van der Waals surface area contributed by atoms with Crippen molar-refractivity contribution in [2.75, 3.05) is 0 Å². The molecule has 0 bridgehead atoms. The SMILES string of the molecule is O=C(c1ccc(F)cc1C1CCC1)c1ccc(F)cc1C1CCC1. The molecule has 0 heterocycles. The van der Waals surface area contributed by atoms with Crippen molar-refractivity contribution in [3.05, 3.63) is 70.3 Å². The van der Waals surface area contributed by atoms with Crippen molar-refractivity contribution in [2.45, 2.75) is 50.4 Å². The highest BCUT2D eigenvalue weighted by Gasteiger charge is 2.29. The van der Waals surface area contributed by atoms with Gasteiger partial charge in [-0.1, -0.05) is 12.8 Å². The van der Waals surface area contributed by atoms with Crippen LogP contribution in [-0.2, 0) is 0 Å². The third-order valence-electron chi connectivity index (χ3n) is 5.61. The number of hydrogen-bond donors (Lipinski definition) is 0. The van der Waals surface area contributed by atoms with E-state index in [1.165, 1.54) is 24.3 Å². The average molecular weight is 326 g/mol. The van der Waals surface area contributed by atoms with Gasteiger partial charge in [-0.2, -0.15) is 0 Å². The molecule has 1 nitrogen and oxygen atoms in total. The van der Waals surface area contributed by atoms with Crippen molar-refractivity contribution in [1.82, 2.24) is 0 Å². The van der Waals surface area contributed by atoms with Gasteiger partial charge in [-0.05, 0) is 85.0 Å². The van der Waals surface area contributed by atoms with E-state index < -0.39 is 0 Å². The molecule has 24 heavy (non-hydrogen) atoms. The summed E-state index contributed by atoms with van der Waals surface area (Å²) in [6.45, 7) is 0. The molecule has 2 aliphatic carbocycles. The van der Waals surface area contributed by atoms with Gasteiger partial charge in [0.05, 0.1) is 0 Å². The van der Waals surface area contributed by atoms with E-state index in [1.807, 2.05) is 0 Å². The van der Waals surface area contributed by atoms with Crippen LogP contribution >= 0.6 is 0 Å². The summed E-state index contributed by atoms with van der Waals surface area (Å²) in [5.74, 6) is -0.156. The van der Waals surface area contributed by atoms with E-state index in [0.717, 1.165) is 49.7 Å². The Bertz CT molecular complexity index is 723. The fraction of sp³-hybridized carbons (Fsp3) is 0.381. The van der Waals surface area contributed by atoms with E-state index in [-0.39, 0.29) is 29.3 Å². The number of halogens is 2. The molecule has 4 rings (SSSR count). The number of hydrogen-bond acceptors (Lipinski definition) is 1. The Balaban J connectivity index is 1.77. The van der Waals surface area contributed by atoms with E-state index >= 15 is 0 Å². The second-order valence-corrected chi connectivity index (χ2v) is 7.05. The summed E-state index contributed by atoms with van der Waals surface area (Å²) in [6.07, 6.45) is 6.26. The van der Waals surface area contributed by atoms with Crippen LogP contribution in [0.1, 0.15) is 77.4 Å². The number of benzene rings is 2. The maximum Gasteiger partial charge on any atom is 0.193 e. The highest BCUT2D eigenvalue weighted by Crippen LogP contribution is 2.41. The highest BCUT2D eigenvalue weighted by molar-refractivity contribution is 6.11. The molecule has 0 unspecified atom stereocenters. The Labute approximate surface area is 140 Å². The zero-order chi connectivity index (χ0) is 16.7. The Kier molecular flexibility index (Phi) is 3.95. The third kappa shape index (κ3) is 2.66. The minimum Gasteiger partial charge on any atom is -0.289 e. The molecular formula is C21H20F2O. The molecule has 0 aliphatic heterocycles. The van der Waals surface area contributed by atoms with Crippen molar-refractivity contribution in [3.8, 4) is 0 Å². The second-order valence-electron chi connectivity index (χ2n) is 7.05. The summed E-state index contributed by atoms with van der Waals surface area (Å²) in [4.78, 5) is 13.2. The topological polar surface area (TPSA) is 17.1 Å². The predicted molar refractivity (Wildman–Crippen MR) is 89.4 cm³/mol. The lowest BCUT2D eigenvalue weighted by Crippen LogP contribution is -2.18. The van der Waals surface area contributed by atoms with Crippen molar-refractivity contribution >= 4 is 5.78 Å². The van der Waals surface area contributed by atoms with Gasteiger partial charge in [0.25, 0.3) is 0 Å². The molecule has 2 aromatic rings. The molecule has 0 radical (unpaired) electrons. The summed E-state index contributed by atoms with van der Waals surface area (Å²) in [7, 11) is 0. The molecule has 2 fully saturated rings. The fourth-order valence-corrected chi connectivity index (χ4v) is 3.74. The predicted octanol–water partition coefficient (Wildman–Crippen LogP) is 5.73. The zero-order valence-electron chi connectivity index (χ0n) is 13.5. The molecule has 0 spiro atoms. The molecule has 0 atom stereocenters. The van der Waals surface area contributed by atoms with Crippen LogP contribution in [0.4, 0.5) is 8.78 Å². The number of ketones is 1. The van der Waals surface area contributed by atoms with E-state index in [4.69, 9.17) is 0 Å². The van der Waals surface area contributed by atoms with Gasteiger partial charge in [-0.3, -0.25) is 4.79 Å². The monoisotopic (exact) mass is 326 g/mol. The fourth-order valence-electron chi connectivity index (χ4n) is 3.74. The number of carbonyl (C=O) groups is 1. The van der Waals surface area contributed by atoms with Gasteiger partial charge in [0.2, 0.25) is 0 Å². The first-order valence-corrected chi connectivity index (χ1v) is 8.77. The lowest BCUT2D eigenvalue weighted by atomic mass is 9.75. The van der Waals surface area contributed by atoms with Crippen LogP contribution in [-0.4, -0.2) is 5.78 Å². The zero-order valence-corrected chi connectivity index (χ0v) is 13.5. The smallest absolute Gasteiger partial charge is 0.193 e. The Morgan fingerprint density at radius 3 is 1.50 bits per heavy atom. The normalized spacial score (nSPS) is 18.1. The summed E-state index contributed by atoms with van der Waals surface area (Å²) < 4.78 is 27.4.